The van der Waals surface area contributed by atoms with Gasteiger partial charge < -0.3 is 24.7 Å². The van der Waals surface area contributed by atoms with E-state index in [1.54, 1.807) is 0 Å². The van der Waals surface area contributed by atoms with Gasteiger partial charge in [0.15, 0.2) is 0 Å². The summed E-state index contributed by atoms with van der Waals surface area (Å²) < 4.78 is 20.2. The summed E-state index contributed by atoms with van der Waals surface area (Å²) in [6, 6.07) is -0.924. The van der Waals surface area contributed by atoms with Crippen molar-refractivity contribution in [1.82, 2.24) is 4.90 Å². The molecule has 0 aromatic rings. The number of nitrogens with zero attached hydrogens (tertiary/aromatic N) is 1. The predicted octanol–water partition coefficient (Wildman–Crippen LogP) is 1.14. The molecule has 0 amide bonds. The second-order valence-corrected chi connectivity index (χ2v) is 7.80. The number of carbonyl (C=O) groups excluding carboxylic acids is 3. The SMILES string of the molecule is N[C@@H](CSC(=O)OCOC(=O)C1CCCCC1)C(=O)OCCN1CCOCC1. The van der Waals surface area contributed by atoms with E-state index in [1.165, 1.54) is 0 Å². The van der Waals surface area contributed by atoms with E-state index in [0.29, 0.717) is 19.8 Å². The van der Waals surface area contributed by atoms with Crippen LogP contribution in [0.25, 0.3) is 0 Å². The summed E-state index contributed by atoms with van der Waals surface area (Å²) in [5.74, 6) is -0.942. The number of thioether (sulfide) groups is 1. The lowest BCUT2D eigenvalue weighted by Crippen LogP contribution is -2.40. The molecule has 0 bridgehead atoms. The van der Waals surface area contributed by atoms with Gasteiger partial charge in [-0.3, -0.25) is 14.5 Å². The van der Waals surface area contributed by atoms with Crippen LogP contribution in [0.5, 0.6) is 0 Å². The molecule has 28 heavy (non-hydrogen) atoms. The van der Waals surface area contributed by atoms with Crippen LogP contribution in [0.15, 0.2) is 0 Å². The van der Waals surface area contributed by atoms with E-state index in [1.807, 2.05) is 0 Å². The largest absolute Gasteiger partial charge is 0.463 e. The molecule has 0 aromatic carbocycles. The van der Waals surface area contributed by atoms with Crippen LogP contribution in [0.3, 0.4) is 0 Å². The first kappa shape index (κ1) is 22.9. The van der Waals surface area contributed by atoms with Crippen LogP contribution in [0.4, 0.5) is 4.79 Å². The van der Waals surface area contributed by atoms with Crippen LogP contribution in [0, 0.1) is 5.92 Å². The maximum Gasteiger partial charge on any atom is 0.370 e. The number of morpholine rings is 1. The lowest BCUT2D eigenvalue weighted by molar-refractivity contribution is -0.157. The molecule has 1 aliphatic carbocycles. The second-order valence-electron chi connectivity index (χ2n) is 6.85. The van der Waals surface area contributed by atoms with Crippen molar-refractivity contribution in [3.8, 4) is 0 Å². The van der Waals surface area contributed by atoms with Crippen molar-refractivity contribution in [2.75, 3.05) is 52.0 Å². The van der Waals surface area contributed by atoms with E-state index in [4.69, 9.17) is 24.7 Å². The third-order valence-electron chi connectivity index (χ3n) is 4.76. The van der Waals surface area contributed by atoms with E-state index in [9.17, 15) is 14.4 Å². The maximum absolute atomic E-state index is 11.9. The van der Waals surface area contributed by atoms with Crippen molar-refractivity contribution in [2.45, 2.75) is 38.1 Å². The standard InChI is InChI=1S/C18H30N2O7S/c19-15(17(22)25-11-8-20-6-9-24-10-7-20)12-28-18(23)27-13-26-16(21)14-4-2-1-3-5-14/h14-15H,1-13,19H2/t15-/m0/s1. The summed E-state index contributed by atoms with van der Waals surface area (Å²) in [7, 11) is 0. The van der Waals surface area contributed by atoms with Crippen molar-refractivity contribution in [3.63, 3.8) is 0 Å². The zero-order valence-electron chi connectivity index (χ0n) is 16.1. The Hall–Kier alpha value is -1.36. The molecular weight excluding hydrogens is 388 g/mol. The smallest absolute Gasteiger partial charge is 0.370 e. The molecule has 2 N–H and O–H groups in total. The van der Waals surface area contributed by atoms with Crippen molar-refractivity contribution >= 4 is 29.0 Å². The first-order valence-corrected chi connectivity index (χ1v) is 10.7. The first-order valence-electron chi connectivity index (χ1n) is 9.75. The molecule has 0 spiro atoms. The lowest BCUT2D eigenvalue weighted by atomic mass is 9.89. The van der Waals surface area contributed by atoms with Crippen LogP contribution in [-0.2, 0) is 28.5 Å². The Morgan fingerprint density at radius 2 is 1.79 bits per heavy atom. The quantitative estimate of drug-likeness (QED) is 0.431. The van der Waals surface area contributed by atoms with Gasteiger partial charge in [-0.05, 0) is 24.6 Å². The Kier molecular flexibility index (Phi) is 10.6. The Labute approximate surface area is 169 Å². The second kappa shape index (κ2) is 13.0. The summed E-state index contributed by atoms with van der Waals surface area (Å²) >= 11 is 0.756. The Balaban J connectivity index is 1.50. The molecule has 0 unspecified atom stereocenters. The molecule has 2 aliphatic rings. The van der Waals surface area contributed by atoms with Gasteiger partial charge in [0.2, 0.25) is 6.79 Å². The van der Waals surface area contributed by atoms with Gasteiger partial charge in [-0.15, -0.1) is 0 Å². The van der Waals surface area contributed by atoms with Gasteiger partial charge in [-0.2, -0.15) is 0 Å². The van der Waals surface area contributed by atoms with Crippen molar-refractivity contribution < 1.29 is 33.3 Å². The minimum Gasteiger partial charge on any atom is -0.463 e. The average Bonchev–Trinajstić information content (AvgIpc) is 2.73. The highest BCUT2D eigenvalue weighted by molar-refractivity contribution is 8.13. The Morgan fingerprint density at radius 1 is 1.07 bits per heavy atom. The normalized spacial score (nSPS) is 19.6. The molecule has 1 saturated heterocycles. The monoisotopic (exact) mass is 418 g/mol. The highest BCUT2D eigenvalue weighted by atomic mass is 32.2. The molecular formula is C18H30N2O7S. The number of esters is 2. The Bertz CT molecular complexity index is 508. The number of hydrogen-bond donors (Lipinski definition) is 1. The molecule has 9 nitrogen and oxygen atoms in total. The van der Waals surface area contributed by atoms with Gasteiger partial charge in [0, 0.05) is 25.4 Å². The molecule has 1 aliphatic heterocycles. The number of nitrogens with two attached hydrogens (primary N) is 1. The van der Waals surface area contributed by atoms with Gasteiger partial charge in [0.25, 0.3) is 0 Å². The van der Waals surface area contributed by atoms with E-state index in [0.717, 1.165) is 57.0 Å². The van der Waals surface area contributed by atoms with E-state index in [2.05, 4.69) is 4.90 Å². The van der Waals surface area contributed by atoms with Crippen molar-refractivity contribution in [1.29, 1.82) is 0 Å². The van der Waals surface area contributed by atoms with Gasteiger partial charge in [-0.1, -0.05) is 19.3 Å². The third-order valence-corrected chi connectivity index (χ3v) is 5.63. The fourth-order valence-electron chi connectivity index (χ4n) is 3.07. The number of hydrogen-bond acceptors (Lipinski definition) is 10. The van der Waals surface area contributed by atoms with Crippen LogP contribution in [0.2, 0.25) is 0 Å². The van der Waals surface area contributed by atoms with Gasteiger partial charge in [-0.25, -0.2) is 4.79 Å². The minimum absolute atomic E-state index is 0.0335. The van der Waals surface area contributed by atoms with Crippen LogP contribution in [-0.4, -0.2) is 80.2 Å². The van der Waals surface area contributed by atoms with Gasteiger partial charge >= 0.3 is 17.2 Å². The van der Waals surface area contributed by atoms with E-state index < -0.39 is 24.1 Å². The molecule has 2 rings (SSSR count). The summed E-state index contributed by atoms with van der Waals surface area (Å²) in [6.07, 6.45) is 4.84. The van der Waals surface area contributed by atoms with Crippen molar-refractivity contribution in [3.05, 3.63) is 0 Å². The molecule has 0 aromatic heterocycles. The van der Waals surface area contributed by atoms with Crippen LogP contribution >= 0.6 is 11.8 Å². The number of rotatable bonds is 9. The average molecular weight is 419 g/mol. The molecule has 1 heterocycles. The van der Waals surface area contributed by atoms with Gasteiger partial charge in [0.05, 0.1) is 19.1 Å². The highest BCUT2D eigenvalue weighted by Gasteiger charge is 2.23. The summed E-state index contributed by atoms with van der Waals surface area (Å²) in [5, 5.41) is -0.645. The summed E-state index contributed by atoms with van der Waals surface area (Å²) in [6.45, 7) is 3.46. The third kappa shape index (κ3) is 8.76. The predicted molar refractivity (Wildman–Crippen MR) is 103 cm³/mol. The molecule has 0 radical (unpaired) electrons. The number of ether oxygens (including phenoxy) is 4. The van der Waals surface area contributed by atoms with E-state index in [-0.39, 0.29) is 24.2 Å². The van der Waals surface area contributed by atoms with Gasteiger partial charge in [0.1, 0.15) is 12.6 Å². The molecule has 160 valence electrons. The van der Waals surface area contributed by atoms with Crippen molar-refractivity contribution in [2.24, 2.45) is 11.7 Å². The number of carbonyl (C=O) groups is 3. The fraction of sp³-hybridized carbons (Fsp3) is 0.833. The van der Waals surface area contributed by atoms with Crippen LogP contribution in [0.1, 0.15) is 32.1 Å². The maximum atomic E-state index is 11.9. The molecule has 1 atom stereocenters. The zero-order valence-corrected chi connectivity index (χ0v) is 17.0. The molecule has 2 fully saturated rings. The first-order chi connectivity index (χ1) is 13.6. The lowest BCUT2D eigenvalue weighted by Gasteiger charge is -2.26. The topological polar surface area (TPSA) is 117 Å². The summed E-state index contributed by atoms with van der Waals surface area (Å²) in [4.78, 5) is 37.5. The Morgan fingerprint density at radius 3 is 2.50 bits per heavy atom. The molecule has 1 saturated carbocycles. The highest BCUT2D eigenvalue weighted by Crippen LogP contribution is 2.24. The molecule has 10 heteroatoms. The fourth-order valence-corrected chi connectivity index (χ4v) is 3.65. The minimum atomic E-state index is -0.924. The van der Waals surface area contributed by atoms with E-state index >= 15 is 0 Å². The zero-order chi connectivity index (χ0) is 20.2. The van der Waals surface area contributed by atoms with Crippen LogP contribution < -0.4 is 5.73 Å². The summed E-state index contributed by atoms with van der Waals surface area (Å²) in [5.41, 5.74) is 5.74.